The molecule has 5 rings (SSSR count). The van der Waals surface area contributed by atoms with Gasteiger partial charge in [0.1, 0.15) is 17.4 Å². The number of Topliss-reactive ketones (excluding diaryl/α,β-unsaturated/α-hetero) is 1. The Morgan fingerprint density at radius 2 is 2.00 bits per heavy atom. The lowest BCUT2D eigenvalue weighted by Gasteiger charge is -2.33. The summed E-state index contributed by atoms with van der Waals surface area (Å²) in [6.07, 6.45) is 7.89. The van der Waals surface area contributed by atoms with E-state index in [0.29, 0.717) is 35.5 Å². The minimum atomic E-state index is -3.58. The Morgan fingerprint density at radius 1 is 1.15 bits per heavy atom. The van der Waals surface area contributed by atoms with Crippen LogP contribution >= 0.6 is 0 Å². The molecule has 34 heavy (non-hydrogen) atoms. The third-order valence-electron chi connectivity index (χ3n) is 6.81. The van der Waals surface area contributed by atoms with Gasteiger partial charge in [0.15, 0.2) is 5.78 Å². The number of carbonyl (C=O) groups is 1. The average molecular weight is 483 g/mol. The first kappa shape index (κ1) is 22.8. The first-order chi connectivity index (χ1) is 16.4. The van der Waals surface area contributed by atoms with Crippen LogP contribution in [-0.2, 0) is 15.8 Å². The fourth-order valence-corrected chi connectivity index (χ4v) is 5.86. The normalized spacial score (nSPS) is 21.5. The van der Waals surface area contributed by atoms with E-state index in [1.807, 2.05) is 12.1 Å². The largest absolute Gasteiger partial charge is 0.492 e. The van der Waals surface area contributed by atoms with Crippen molar-refractivity contribution < 1.29 is 17.9 Å². The summed E-state index contributed by atoms with van der Waals surface area (Å²) in [7, 11) is -3.58. The van der Waals surface area contributed by atoms with Crippen molar-refractivity contribution >= 4 is 27.5 Å². The molecule has 1 atom stereocenters. The third-order valence-corrected chi connectivity index (χ3v) is 7.96. The van der Waals surface area contributed by atoms with Gasteiger partial charge in [0.05, 0.1) is 17.9 Å². The van der Waals surface area contributed by atoms with E-state index in [1.54, 1.807) is 24.4 Å². The number of carbonyl (C=O) groups excluding carboxylic acids is 1. The van der Waals surface area contributed by atoms with Gasteiger partial charge in [-0.15, -0.1) is 4.40 Å². The molecule has 8 nitrogen and oxygen atoms in total. The molecule has 0 spiro atoms. The highest BCUT2D eigenvalue weighted by Gasteiger charge is 2.27. The number of ketones is 1. The number of fused-ring (bicyclic) bond motifs is 1. The Labute approximate surface area is 200 Å². The maximum Gasteiger partial charge on any atom is 0.259 e. The monoisotopic (exact) mass is 482 g/mol. The van der Waals surface area contributed by atoms with Gasteiger partial charge in [0.25, 0.3) is 10.0 Å². The van der Waals surface area contributed by atoms with Crippen molar-refractivity contribution in [3.8, 4) is 5.75 Å². The number of sulfonamides is 1. The van der Waals surface area contributed by atoms with E-state index in [0.717, 1.165) is 44.1 Å². The molecular weight excluding hydrogens is 452 g/mol. The highest BCUT2D eigenvalue weighted by atomic mass is 32.2. The second kappa shape index (κ2) is 9.37. The van der Waals surface area contributed by atoms with Crippen molar-refractivity contribution in [1.29, 1.82) is 0 Å². The van der Waals surface area contributed by atoms with Crippen LogP contribution < -0.4 is 15.4 Å². The van der Waals surface area contributed by atoms with Crippen LogP contribution in [0.15, 0.2) is 40.9 Å². The number of benzene rings is 1. The van der Waals surface area contributed by atoms with E-state index >= 15 is 0 Å². The molecule has 1 saturated carbocycles. The lowest BCUT2D eigenvalue weighted by atomic mass is 9.98. The Kier molecular flexibility index (Phi) is 6.29. The summed E-state index contributed by atoms with van der Waals surface area (Å²) in [6.45, 7) is 2.20. The molecule has 2 fully saturated rings. The Morgan fingerprint density at radius 3 is 2.76 bits per heavy atom. The molecular formula is C25H30N4O4S. The summed E-state index contributed by atoms with van der Waals surface area (Å²) in [6, 6.07) is 9.17. The van der Waals surface area contributed by atoms with E-state index in [4.69, 9.17) is 10.5 Å². The first-order valence-electron chi connectivity index (χ1n) is 12.0. The average Bonchev–Trinajstić information content (AvgIpc) is 3.65. The highest BCUT2D eigenvalue weighted by Crippen LogP contribution is 2.34. The Balaban J connectivity index is 1.20. The van der Waals surface area contributed by atoms with E-state index in [2.05, 4.69) is 14.3 Å². The van der Waals surface area contributed by atoms with Crippen LogP contribution in [0.5, 0.6) is 5.75 Å². The molecule has 3 heterocycles. The number of rotatable bonds is 8. The van der Waals surface area contributed by atoms with Gasteiger partial charge in [0.2, 0.25) is 0 Å². The van der Waals surface area contributed by atoms with Crippen LogP contribution in [0.2, 0.25) is 0 Å². The number of amidine groups is 1. The van der Waals surface area contributed by atoms with Crippen molar-refractivity contribution in [3.05, 3.63) is 53.2 Å². The van der Waals surface area contributed by atoms with Gasteiger partial charge in [-0.25, -0.2) is 13.4 Å². The second-order valence-corrected chi connectivity index (χ2v) is 11.2. The number of pyridine rings is 1. The van der Waals surface area contributed by atoms with E-state index in [-0.39, 0.29) is 23.3 Å². The highest BCUT2D eigenvalue weighted by molar-refractivity contribution is 7.89. The molecule has 2 aromatic rings. The summed E-state index contributed by atoms with van der Waals surface area (Å²) in [5, 5.41) is 0. The summed E-state index contributed by atoms with van der Waals surface area (Å²) >= 11 is 0. The van der Waals surface area contributed by atoms with Crippen LogP contribution in [0, 0.1) is 11.8 Å². The van der Waals surface area contributed by atoms with Crippen molar-refractivity contribution in [3.63, 3.8) is 0 Å². The molecule has 9 heteroatoms. The number of hydrogen-bond acceptors (Lipinski definition) is 7. The van der Waals surface area contributed by atoms with Crippen LogP contribution in [-0.4, -0.2) is 44.7 Å². The number of nitrogens with two attached hydrogens (primary N) is 1. The van der Waals surface area contributed by atoms with E-state index < -0.39 is 10.0 Å². The predicted molar refractivity (Wildman–Crippen MR) is 131 cm³/mol. The predicted octanol–water partition coefficient (Wildman–Crippen LogP) is 3.30. The van der Waals surface area contributed by atoms with E-state index in [9.17, 15) is 13.2 Å². The second-order valence-electron chi connectivity index (χ2n) is 9.57. The van der Waals surface area contributed by atoms with Crippen LogP contribution in [0.3, 0.4) is 0 Å². The SMILES string of the molecule is NC1=NS(=O)(=O)Cc2cccc(OC[C@H]3CCCN(c4ccc(C(=O)CCC5CC5)cn4)C3)c21. The molecule has 0 amide bonds. The molecule has 3 aliphatic rings. The fourth-order valence-electron chi connectivity index (χ4n) is 4.77. The fraction of sp³-hybridized carbons (Fsp3) is 0.480. The molecule has 180 valence electrons. The third kappa shape index (κ3) is 5.24. The van der Waals surface area contributed by atoms with Gasteiger partial charge < -0.3 is 15.4 Å². The zero-order chi connectivity index (χ0) is 23.7. The maximum atomic E-state index is 12.4. The minimum absolute atomic E-state index is 0.0157. The number of hydrogen-bond donors (Lipinski definition) is 1. The van der Waals surface area contributed by atoms with Gasteiger partial charge in [-0.3, -0.25) is 4.79 Å². The van der Waals surface area contributed by atoms with Gasteiger partial charge in [0, 0.05) is 37.2 Å². The van der Waals surface area contributed by atoms with Crippen LogP contribution in [0.1, 0.15) is 60.0 Å². The van der Waals surface area contributed by atoms with Gasteiger partial charge >= 0.3 is 0 Å². The Hall–Kier alpha value is -2.94. The zero-order valence-corrected chi connectivity index (χ0v) is 20.0. The van der Waals surface area contributed by atoms with Crippen molar-refractivity contribution in [2.24, 2.45) is 22.0 Å². The number of aromatic nitrogens is 1. The van der Waals surface area contributed by atoms with Gasteiger partial charge in [-0.2, -0.15) is 0 Å². The van der Waals surface area contributed by atoms with Crippen LogP contribution in [0.4, 0.5) is 5.82 Å². The van der Waals surface area contributed by atoms with Crippen molar-refractivity contribution in [2.75, 3.05) is 24.6 Å². The van der Waals surface area contributed by atoms with Crippen LogP contribution in [0.25, 0.3) is 0 Å². The van der Waals surface area contributed by atoms with E-state index in [1.165, 1.54) is 12.8 Å². The topological polar surface area (TPSA) is 115 Å². The maximum absolute atomic E-state index is 12.4. The standard InChI is InChI=1S/C25H30N4O4S/c26-25-24-20(16-34(31,32)28-25)4-1-5-22(24)33-15-18-3-2-12-29(14-18)23-11-9-19(13-27-23)21(30)10-8-17-6-7-17/h1,4-5,9,11,13,17-18H,2-3,6-8,10,12,14-16H2,(H2,26,28)/t18-/m0/s1. The molecule has 1 saturated heterocycles. The molecule has 2 N–H and O–H groups in total. The lowest BCUT2D eigenvalue weighted by molar-refractivity contribution is 0.0977. The summed E-state index contributed by atoms with van der Waals surface area (Å²) < 4.78 is 33.6. The minimum Gasteiger partial charge on any atom is -0.492 e. The lowest BCUT2D eigenvalue weighted by Crippen LogP contribution is -2.38. The number of ether oxygens (including phenoxy) is 1. The molecule has 1 aromatic heterocycles. The van der Waals surface area contributed by atoms with Gasteiger partial charge in [-0.1, -0.05) is 25.0 Å². The number of piperidine rings is 1. The molecule has 0 unspecified atom stereocenters. The Bertz CT molecular complexity index is 1210. The quantitative estimate of drug-likeness (QED) is 0.574. The van der Waals surface area contributed by atoms with Crippen molar-refractivity contribution in [1.82, 2.24) is 4.98 Å². The first-order valence-corrected chi connectivity index (χ1v) is 13.6. The van der Waals surface area contributed by atoms with Gasteiger partial charge in [-0.05, 0) is 48.9 Å². The molecule has 1 aromatic carbocycles. The summed E-state index contributed by atoms with van der Waals surface area (Å²) in [5.74, 6) is 2.48. The molecule has 0 bridgehead atoms. The molecule has 0 radical (unpaired) electrons. The number of anilines is 1. The summed E-state index contributed by atoms with van der Waals surface area (Å²) in [4.78, 5) is 19.2. The smallest absolute Gasteiger partial charge is 0.259 e. The molecule has 2 aliphatic heterocycles. The zero-order valence-electron chi connectivity index (χ0n) is 19.2. The summed E-state index contributed by atoms with van der Waals surface area (Å²) in [5.41, 5.74) is 7.84. The molecule has 1 aliphatic carbocycles. The van der Waals surface area contributed by atoms with Crippen molar-refractivity contribution in [2.45, 2.75) is 44.3 Å². The number of nitrogens with zero attached hydrogens (tertiary/aromatic N) is 3.